The molecule has 1 saturated carbocycles. The van der Waals surface area contributed by atoms with E-state index >= 15 is 0 Å². The summed E-state index contributed by atoms with van der Waals surface area (Å²) in [5, 5.41) is 9.26. The first kappa shape index (κ1) is 15.6. The van der Waals surface area contributed by atoms with E-state index in [2.05, 4.69) is 4.74 Å². The lowest BCUT2D eigenvalue weighted by molar-refractivity contribution is -0.149. The zero-order valence-corrected chi connectivity index (χ0v) is 12.4. The Bertz CT molecular complexity index is 431. The van der Waals surface area contributed by atoms with Gasteiger partial charge in [-0.3, -0.25) is 9.59 Å². The zero-order valence-electron chi connectivity index (χ0n) is 12.4. The highest BCUT2D eigenvalue weighted by molar-refractivity contribution is 5.85. The number of carboxylic acid groups (broad SMARTS) is 1. The van der Waals surface area contributed by atoms with Gasteiger partial charge in [0.2, 0.25) is 5.91 Å². The third kappa shape index (κ3) is 3.28. The second kappa shape index (κ2) is 6.32. The molecule has 0 aromatic rings. The molecule has 2 aliphatic rings. The van der Waals surface area contributed by atoms with Crippen LogP contribution in [0.15, 0.2) is 0 Å². The zero-order chi connectivity index (χ0) is 15.6. The second-order valence-corrected chi connectivity index (χ2v) is 5.91. The molecular weight excluding hydrogens is 276 g/mol. The van der Waals surface area contributed by atoms with Gasteiger partial charge in [-0.25, -0.2) is 4.79 Å². The van der Waals surface area contributed by atoms with E-state index in [0.717, 1.165) is 0 Å². The fraction of sp³-hybridized carbons (Fsp3) is 0.786. The summed E-state index contributed by atoms with van der Waals surface area (Å²) in [6.07, 6.45) is 0.806. The van der Waals surface area contributed by atoms with Crippen LogP contribution in [0.4, 0.5) is 4.79 Å². The van der Waals surface area contributed by atoms with E-state index in [1.165, 1.54) is 7.11 Å². The lowest BCUT2D eigenvalue weighted by Crippen LogP contribution is -2.52. The quantitative estimate of drug-likeness (QED) is 0.808. The molecule has 3 unspecified atom stereocenters. The number of rotatable bonds is 2. The molecule has 1 heterocycles. The molecule has 7 heteroatoms. The Morgan fingerprint density at radius 1 is 1.00 bits per heavy atom. The molecule has 1 saturated heterocycles. The van der Waals surface area contributed by atoms with Crippen LogP contribution in [-0.4, -0.2) is 66.2 Å². The second-order valence-electron chi connectivity index (χ2n) is 5.91. The molecule has 1 aliphatic carbocycles. The van der Waals surface area contributed by atoms with Crippen LogP contribution in [0.5, 0.6) is 0 Å². The van der Waals surface area contributed by atoms with Gasteiger partial charge < -0.3 is 19.6 Å². The molecule has 1 N–H and O–H groups in total. The molecule has 118 valence electrons. The van der Waals surface area contributed by atoms with E-state index in [1.54, 1.807) is 9.80 Å². The van der Waals surface area contributed by atoms with Gasteiger partial charge in [-0.1, -0.05) is 6.92 Å². The van der Waals surface area contributed by atoms with Crippen molar-refractivity contribution in [3.63, 3.8) is 0 Å². The van der Waals surface area contributed by atoms with Crippen molar-refractivity contribution in [2.45, 2.75) is 19.8 Å². The Morgan fingerprint density at radius 2 is 1.52 bits per heavy atom. The van der Waals surface area contributed by atoms with Crippen molar-refractivity contribution in [3.05, 3.63) is 0 Å². The van der Waals surface area contributed by atoms with Crippen LogP contribution in [0.25, 0.3) is 0 Å². The molecule has 2 amide bonds. The molecule has 1 aliphatic heterocycles. The number of ether oxygens (including phenoxy) is 1. The summed E-state index contributed by atoms with van der Waals surface area (Å²) in [5.41, 5.74) is 0. The summed E-state index contributed by atoms with van der Waals surface area (Å²) in [7, 11) is 1.33. The van der Waals surface area contributed by atoms with Crippen molar-refractivity contribution in [3.8, 4) is 0 Å². The Balaban J connectivity index is 1.95. The van der Waals surface area contributed by atoms with Gasteiger partial charge in [-0.2, -0.15) is 0 Å². The first-order valence-corrected chi connectivity index (χ1v) is 7.28. The van der Waals surface area contributed by atoms with Crippen LogP contribution in [0.2, 0.25) is 0 Å². The standard InChI is InChI=1S/C14H22N2O5/c1-9-7-10(11(8-9)13(18)19)12(17)15-3-5-16(6-4-15)14(20)21-2/h9-11H,3-8H2,1-2H3,(H,18,19). The van der Waals surface area contributed by atoms with Crippen LogP contribution in [0.3, 0.4) is 0 Å². The van der Waals surface area contributed by atoms with Crippen molar-refractivity contribution in [2.75, 3.05) is 33.3 Å². The van der Waals surface area contributed by atoms with E-state index in [0.29, 0.717) is 39.0 Å². The monoisotopic (exact) mass is 298 g/mol. The minimum Gasteiger partial charge on any atom is -0.481 e. The summed E-state index contributed by atoms with van der Waals surface area (Å²) >= 11 is 0. The fourth-order valence-corrected chi connectivity index (χ4v) is 3.31. The molecular formula is C14H22N2O5. The topological polar surface area (TPSA) is 87.2 Å². The minimum atomic E-state index is -0.883. The van der Waals surface area contributed by atoms with Crippen molar-refractivity contribution < 1.29 is 24.2 Å². The maximum Gasteiger partial charge on any atom is 0.409 e. The number of piperazine rings is 1. The number of carbonyl (C=O) groups is 3. The first-order chi connectivity index (χ1) is 9.93. The molecule has 0 bridgehead atoms. The van der Waals surface area contributed by atoms with E-state index in [4.69, 9.17) is 0 Å². The molecule has 3 atom stereocenters. The Labute approximate surface area is 123 Å². The third-order valence-electron chi connectivity index (χ3n) is 4.46. The summed E-state index contributed by atoms with van der Waals surface area (Å²) < 4.78 is 4.65. The van der Waals surface area contributed by atoms with Crippen LogP contribution < -0.4 is 0 Å². The maximum absolute atomic E-state index is 12.5. The van der Waals surface area contributed by atoms with Gasteiger partial charge in [0.05, 0.1) is 18.9 Å². The Hall–Kier alpha value is -1.79. The number of nitrogens with zero attached hydrogens (tertiary/aromatic N) is 2. The van der Waals surface area contributed by atoms with Gasteiger partial charge in [0, 0.05) is 26.2 Å². The number of hydrogen-bond acceptors (Lipinski definition) is 4. The van der Waals surface area contributed by atoms with Crippen LogP contribution >= 0.6 is 0 Å². The molecule has 2 rings (SSSR count). The van der Waals surface area contributed by atoms with E-state index in [-0.39, 0.29) is 17.9 Å². The average molecular weight is 298 g/mol. The van der Waals surface area contributed by atoms with Crippen molar-refractivity contribution in [2.24, 2.45) is 17.8 Å². The molecule has 0 radical (unpaired) electrons. The lowest BCUT2D eigenvalue weighted by atomic mass is 9.94. The van der Waals surface area contributed by atoms with Crippen LogP contribution in [0.1, 0.15) is 19.8 Å². The van der Waals surface area contributed by atoms with Gasteiger partial charge in [0.15, 0.2) is 0 Å². The molecule has 0 spiro atoms. The fourth-order valence-electron chi connectivity index (χ4n) is 3.31. The number of amides is 2. The average Bonchev–Trinajstić information content (AvgIpc) is 2.88. The maximum atomic E-state index is 12.5. The highest BCUT2D eigenvalue weighted by atomic mass is 16.5. The largest absolute Gasteiger partial charge is 0.481 e. The summed E-state index contributed by atoms with van der Waals surface area (Å²) in [4.78, 5) is 38.5. The Morgan fingerprint density at radius 3 is 2.05 bits per heavy atom. The minimum absolute atomic E-state index is 0.0868. The van der Waals surface area contributed by atoms with Crippen LogP contribution in [-0.2, 0) is 14.3 Å². The van der Waals surface area contributed by atoms with Gasteiger partial charge in [0.1, 0.15) is 0 Å². The predicted molar refractivity (Wildman–Crippen MR) is 73.6 cm³/mol. The summed E-state index contributed by atoms with van der Waals surface area (Å²) in [6, 6.07) is 0. The van der Waals surface area contributed by atoms with E-state index in [9.17, 15) is 19.5 Å². The molecule has 0 aromatic heterocycles. The predicted octanol–water partition coefficient (Wildman–Crippen LogP) is 0.644. The summed E-state index contributed by atoms with van der Waals surface area (Å²) in [6.45, 7) is 3.71. The summed E-state index contributed by atoms with van der Waals surface area (Å²) in [5.74, 6) is -1.72. The van der Waals surface area contributed by atoms with Crippen LogP contribution in [0, 0.1) is 17.8 Å². The first-order valence-electron chi connectivity index (χ1n) is 7.28. The highest BCUT2D eigenvalue weighted by Crippen LogP contribution is 2.37. The number of hydrogen-bond donors (Lipinski definition) is 1. The van der Waals surface area contributed by atoms with E-state index < -0.39 is 17.8 Å². The normalized spacial score (nSPS) is 29.3. The molecule has 0 aromatic carbocycles. The molecule has 21 heavy (non-hydrogen) atoms. The lowest BCUT2D eigenvalue weighted by Gasteiger charge is -2.35. The van der Waals surface area contributed by atoms with Crippen molar-refractivity contribution >= 4 is 18.0 Å². The third-order valence-corrected chi connectivity index (χ3v) is 4.46. The van der Waals surface area contributed by atoms with E-state index in [1.807, 2.05) is 6.92 Å². The Kier molecular flexibility index (Phi) is 4.69. The number of aliphatic carboxylic acids is 1. The van der Waals surface area contributed by atoms with Crippen molar-refractivity contribution in [1.29, 1.82) is 0 Å². The smallest absolute Gasteiger partial charge is 0.409 e. The van der Waals surface area contributed by atoms with Gasteiger partial charge >= 0.3 is 12.1 Å². The van der Waals surface area contributed by atoms with Crippen molar-refractivity contribution in [1.82, 2.24) is 9.80 Å². The van der Waals surface area contributed by atoms with Gasteiger partial charge in [0.25, 0.3) is 0 Å². The van der Waals surface area contributed by atoms with Gasteiger partial charge in [-0.15, -0.1) is 0 Å². The van der Waals surface area contributed by atoms with Gasteiger partial charge in [-0.05, 0) is 18.8 Å². The highest BCUT2D eigenvalue weighted by Gasteiger charge is 2.43. The number of carboxylic acids is 1. The molecule has 7 nitrogen and oxygen atoms in total. The number of carbonyl (C=O) groups excluding carboxylic acids is 2. The number of methoxy groups -OCH3 is 1. The molecule has 2 fully saturated rings. The SMILES string of the molecule is COC(=O)N1CCN(C(=O)C2CC(C)CC2C(=O)O)CC1.